The lowest BCUT2D eigenvalue weighted by Crippen LogP contribution is -2.36. The SMILES string of the molecule is COc1cc2c(cc1OC)C(c1cccc(Cl)c1)N(Cc1ccc(OC)c(C)c1OC)CC2. The van der Waals surface area contributed by atoms with Gasteiger partial charge in [-0.1, -0.05) is 29.8 Å². The number of nitrogens with zero attached hydrogens (tertiary/aromatic N) is 1. The second kappa shape index (κ2) is 9.94. The minimum atomic E-state index is 0.0133. The van der Waals surface area contributed by atoms with Crippen molar-refractivity contribution in [1.82, 2.24) is 4.90 Å². The van der Waals surface area contributed by atoms with Crippen molar-refractivity contribution in [3.05, 3.63) is 81.4 Å². The van der Waals surface area contributed by atoms with Crippen molar-refractivity contribution in [2.24, 2.45) is 0 Å². The molecule has 0 saturated heterocycles. The van der Waals surface area contributed by atoms with Crippen LogP contribution in [0, 0.1) is 6.92 Å². The van der Waals surface area contributed by atoms with Gasteiger partial charge in [0.1, 0.15) is 11.5 Å². The molecular weight excluding hydrogens is 438 g/mol. The van der Waals surface area contributed by atoms with Crippen molar-refractivity contribution >= 4 is 11.6 Å². The Bertz CT molecular complexity index is 1150. The Morgan fingerprint density at radius 3 is 2.27 bits per heavy atom. The van der Waals surface area contributed by atoms with Crippen molar-refractivity contribution in [3.63, 3.8) is 0 Å². The summed E-state index contributed by atoms with van der Waals surface area (Å²) in [4.78, 5) is 2.46. The van der Waals surface area contributed by atoms with Crippen LogP contribution in [0.15, 0.2) is 48.5 Å². The van der Waals surface area contributed by atoms with Crippen LogP contribution in [0.25, 0.3) is 0 Å². The summed E-state index contributed by atoms with van der Waals surface area (Å²) in [6, 6.07) is 16.4. The molecule has 0 aliphatic carbocycles. The lowest BCUT2D eigenvalue weighted by molar-refractivity contribution is 0.200. The minimum absolute atomic E-state index is 0.0133. The molecule has 1 aliphatic rings. The van der Waals surface area contributed by atoms with Gasteiger partial charge < -0.3 is 18.9 Å². The van der Waals surface area contributed by atoms with Gasteiger partial charge in [0.25, 0.3) is 0 Å². The van der Waals surface area contributed by atoms with Gasteiger partial charge in [-0.05, 0) is 60.4 Å². The van der Waals surface area contributed by atoms with Crippen LogP contribution >= 0.6 is 11.6 Å². The van der Waals surface area contributed by atoms with Gasteiger partial charge in [0.2, 0.25) is 0 Å². The van der Waals surface area contributed by atoms with E-state index in [2.05, 4.69) is 29.2 Å². The first-order chi connectivity index (χ1) is 16.0. The van der Waals surface area contributed by atoms with E-state index in [-0.39, 0.29) is 6.04 Å². The monoisotopic (exact) mass is 467 g/mol. The van der Waals surface area contributed by atoms with E-state index in [1.165, 1.54) is 11.1 Å². The molecule has 33 heavy (non-hydrogen) atoms. The average molecular weight is 468 g/mol. The molecular formula is C27H30ClNO4. The highest BCUT2D eigenvalue weighted by Crippen LogP contribution is 2.43. The van der Waals surface area contributed by atoms with Gasteiger partial charge in [0.05, 0.1) is 34.5 Å². The molecule has 0 saturated carbocycles. The summed E-state index contributed by atoms with van der Waals surface area (Å²) in [5, 5.41) is 0.720. The average Bonchev–Trinajstić information content (AvgIpc) is 2.83. The quantitative estimate of drug-likeness (QED) is 0.437. The van der Waals surface area contributed by atoms with Crippen LogP contribution in [0.2, 0.25) is 5.02 Å². The van der Waals surface area contributed by atoms with E-state index in [0.29, 0.717) is 0 Å². The third kappa shape index (κ3) is 4.48. The van der Waals surface area contributed by atoms with Crippen LogP contribution in [-0.4, -0.2) is 39.9 Å². The molecule has 1 heterocycles. The van der Waals surface area contributed by atoms with E-state index in [4.69, 9.17) is 30.5 Å². The molecule has 0 bridgehead atoms. The van der Waals surface area contributed by atoms with Crippen molar-refractivity contribution in [3.8, 4) is 23.0 Å². The fraction of sp³-hybridized carbons (Fsp3) is 0.333. The zero-order chi connectivity index (χ0) is 23.5. The molecule has 3 aromatic rings. The molecule has 6 heteroatoms. The first-order valence-electron chi connectivity index (χ1n) is 11.0. The number of methoxy groups -OCH3 is 4. The van der Waals surface area contributed by atoms with Gasteiger partial charge >= 0.3 is 0 Å². The second-order valence-electron chi connectivity index (χ2n) is 8.17. The van der Waals surface area contributed by atoms with Gasteiger partial charge in [-0.3, -0.25) is 4.90 Å². The summed E-state index contributed by atoms with van der Waals surface area (Å²) >= 11 is 6.41. The maximum absolute atomic E-state index is 6.41. The molecule has 5 nitrogen and oxygen atoms in total. The van der Waals surface area contributed by atoms with E-state index in [0.717, 1.165) is 64.2 Å². The molecule has 0 aromatic heterocycles. The Balaban J connectivity index is 1.81. The molecule has 1 atom stereocenters. The lowest BCUT2D eigenvalue weighted by atomic mass is 9.87. The zero-order valence-corrected chi connectivity index (χ0v) is 20.5. The first-order valence-corrected chi connectivity index (χ1v) is 11.3. The predicted octanol–water partition coefficient (Wildman–Crippen LogP) is 5.83. The Morgan fingerprint density at radius 1 is 0.879 bits per heavy atom. The number of halogens is 1. The number of benzene rings is 3. The Hall–Kier alpha value is -2.89. The summed E-state index contributed by atoms with van der Waals surface area (Å²) in [6.45, 7) is 3.63. The maximum Gasteiger partial charge on any atom is 0.161 e. The highest BCUT2D eigenvalue weighted by molar-refractivity contribution is 6.30. The van der Waals surface area contributed by atoms with Gasteiger partial charge in [0.15, 0.2) is 11.5 Å². The zero-order valence-electron chi connectivity index (χ0n) is 19.8. The third-order valence-corrected chi connectivity index (χ3v) is 6.61. The topological polar surface area (TPSA) is 40.2 Å². The lowest BCUT2D eigenvalue weighted by Gasteiger charge is -2.38. The smallest absolute Gasteiger partial charge is 0.161 e. The molecule has 0 radical (unpaired) electrons. The molecule has 4 rings (SSSR count). The maximum atomic E-state index is 6.41. The fourth-order valence-corrected chi connectivity index (χ4v) is 5.01. The number of ether oxygens (including phenoxy) is 4. The summed E-state index contributed by atoms with van der Waals surface area (Å²) < 4.78 is 22.5. The van der Waals surface area contributed by atoms with Crippen molar-refractivity contribution in [2.75, 3.05) is 35.0 Å². The van der Waals surface area contributed by atoms with E-state index in [1.807, 2.05) is 31.2 Å². The van der Waals surface area contributed by atoms with Crippen LogP contribution in [-0.2, 0) is 13.0 Å². The Kier molecular flexibility index (Phi) is 7.01. The minimum Gasteiger partial charge on any atom is -0.496 e. The summed E-state index contributed by atoms with van der Waals surface area (Å²) in [5.74, 6) is 3.16. The highest BCUT2D eigenvalue weighted by Gasteiger charge is 2.31. The first kappa shape index (κ1) is 23.3. The number of hydrogen-bond acceptors (Lipinski definition) is 5. The fourth-order valence-electron chi connectivity index (χ4n) is 4.81. The van der Waals surface area contributed by atoms with Crippen LogP contribution in [0.5, 0.6) is 23.0 Å². The second-order valence-corrected chi connectivity index (χ2v) is 8.61. The van der Waals surface area contributed by atoms with E-state index in [9.17, 15) is 0 Å². The molecule has 3 aromatic carbocycles. The van der Waals surface area contributed by atoms with E-state index >= 15 is 0 Å². The largest absolute Gasteiger partial charge is 0.496 e. The van der Waals surface area contributed by atoms with E-state index < -0.39 is 0 Å². The number of rotatable bonds is 7. The van der Waals surface area contributed by atoms with Crippen LogP contribution < -0.4 is 18.9 Å². The number of fused-ring (bicyclic) bond motifs is 1. The molecule has 1 aliphatic heterocycles. The van der Waals surface area contributed by atoms with Crippen LogP contribution in [0.1, 0.15) is 33.9 Å². The van der Waals surface area contributed by atoms with Gasteiger partial charge in [-0.25, -0.2) is 0 Å². The molecule has 0 spiro atoms. The normalized spacial score (nSPS) is 15.6. The van der Waals surface area contributed by atoms with E-state index in [1.54, 1.807) is 28.4 Å². The molecule has 0 amide bonds. The molecule has 0 N–H and O–H groups in total. The molecule has 1 unspecified atom stereocenters. The third-order valence-electron chi connectivity index (χ3n) is 6.37. The summed E-state index contributed by atoms with van der Waals surface area (Å²) in [5.41, 5.74) is 5.71. The Morgan fingerprint density at radius 2 is 1.61 bits per heavy atom. The molecule has 0 fully saturated rings. The van der Waals surface area contributed by atoms with Gasteiger partial charge in [-0.2, -0.15) is 0 Å². The van der Waals surface area contributed by atoms with Crippen molar-refractivity contribution in [1.29, 1.82) is 0 Å². The van der Waals surface area contributed by atoms with Gasteiger partial charge in [-0.15, -0.1) is 0 Å². The predicted molar refractivity (Wildman–Crippen MR) is 131 cm³/mol. The van der Waals surface area contributed by atoms with Crippen LogP contribution in [0.3, 0.4) is 0 Å². The highest BCUT2D eigenvalue weighted by atomic mass is 35.5. The van der Waals surface area contributed by atoms with Crippen molar-refractivity contribution < 1.29 is 18.9 Å². The molecule has 174 valence electrons. The Labute approximate surface area is 200 Å². The van der Waals surface area contributed by atoms with Crippen LogP contribution in [0.4, 0.5) is 0 Å². The number of hydrogen-bond donors (Lipinski definition) is 0. The van der Waals surface area contributed by atoms with Gasteiger partial charge in [0, 0.05) is 29.2 Å². The summed E-state index contributed by atoms with van der Waals surface area (Å²) in [7, 11) is 6.73. The summed E-state index contributed by atoms with van der Waals surface area (Å²) in [6.07, 6.45) is 0.907. The van der Waals surface area contributed by atoms with Crippen molar-refractivity contribution in [2.45, 2.75) is 25.9 Å². The standard InChI is InChI=1S/C27H30ClNO4/c1-17-23(30-2)10-9-20(27(17)33-5)16-29-12-11-18-14-24(31-3)25(32-4)15-22(18)26(29)19-7-6-8-21(28)13-19/h6-10,13-15,26H,11-12,16H2,1-5H3.